The van der Waals surface area contributed by atoms with Crippen molar-refractivity contribution in [3.05, 3.63) is 47.5 Å². The minimum absolute atomic E-state index is 0.0885. The average molecular weight is 618 g/mol. The lowest BCUT2D eigenvalue weighted by molar-refractivity contribution is 0.137. The van der Waals surface area contributed by atoms with Crippen LogP contribution in [0.5, 0.6) is 5.75 Å². The number of hydrogen-bond acceptors (Lipinski definition) is 5. The first-order valence-electron chi connectivity index (χ1n) is 16.8. The predicted octanol–water partition coefficient (Wildman–Crippen LogP) is 8.46. The van der Waals surface area contributed by atoms with Gasteiger partial charge in [0.2, 0.25) is 0 Å². The van der Waals surface area contributed by atoms with E-state index in [1.807, 2.05) is 7.05 Å². The third-order valence-electron chi connectivity index (χ3n) is 9.67. The zero-order valence-electron chi connectivity index (χ0n) is 27.7. The highest BCUT2D eigenvalue weighted by atomic mass is 32.2. The summed E-state index contributed by atoms with van der Waals surface area (Å²) >= 11 is 1.51. The number of urea groups is 1. The predicted molar refractivity (Wildman–Crippen MR) is 184 cm³/mol. The second kappa shape index (κ2) is 12.6. The zero-order chi connectivity index (χ0) is 31.2. The molecule has 6 rings (SSSR count). The normalized spacial score (nSPS) is 22.8. The first kappa shape index (κ1) is 31.3. The van der Waals surface area contributed by atoms with Crippen LogP contribution in [0.1, 0.15) is 97.1 Å². The Morgan fingerprint density at radius 3 is 2.61 bits per heavy atom. The first-order chi connectivity index (χ1) is 21.1. The molecule has 0 spiro atoms. The molecular formula is C36H51N5O2S. The summed E-state index contributed by atoms with van der Waals surface area (Å²) in [6, 6.07) is 13.5. The van der Waals surface area contributed by atoms with Crippen molar-refractivity contribution in [1.82, 2.24) is 19.7 Å². The van der Waals surface area contributed by atoms with Crippen molar-refractivity contribution in [1.29, 1.82) is 0 Å². The highest BCUT2D eigenvalue weighted by Gasteiger charge is 2.36. The van der Waals surface area contributed by atoms with Crippen molar-refractivity contribution in [2.75, 3.05) is 18.6 Å². The number of nitrogens with one attached hydrogen (secondary N) is 2. The fraction of sp³-hybridized carbons (Fsp3) is 0.583. The van der Waals surface area contributed by atoms with Crippen molar-refractivity contribution < 1.29 is 9.53 Å². The minimum atomic E-state index is -0.541. The Kier molecular flexibility index (Phi) is 8.97. The number of aromatic nitrogens is 1. The quantitative estimate of drug-likeness (QED) is 0.281. The first-order valence-corrected chi connectivity index (χ1v) is 17.6. The van der Waals surface area contributed by atoms with E-state index in [9.17, 15) is 4.79 Å². The van der Waals surface area contributed by atoms with E-state index >= 15 is 0 Å². The Bertz CT molecular complexity index is 1510. The molecule has 1 saturated carbocycles. The van der Waals surface area contributed by atoms with Crippen molar-refractivity contribution in [2.45, 2.75) is 116 Å². The summed E-state index contributed by atoms with van der Waals surface area (Å²) in [6.07, 6.45) is 8.40. The molecule has 238 valence electrons. The van der Waals surface area contributed by atoms with Gasteiger partial charge in [-0.15, -0.1) is 0 Å². The highest BCUT2D eigenvalue weighted by molar-refractivity contribution is 7.98. The number of amides is 2. The van der Waals surface area contributed by atoms with E-state index in [4.69, 9.17) is 4.74 Å². The van der Waals surface area contributed by atoms with E-state index in [2.05, 4.69) is 93.3 Å². The van der Waals surface area contributed by atoms with Crippen LogP contribution < -0.4 is 20.4 Å². The molecule has 1 aliphatic carbocycles. The van der Waals surface area contributed by atoms with Gasteiger partial charge in [0.1, 0.15) is 5.75 Å². The fourth-order valence-electron chi connectivity index (χ4n) is 7.60. The molecule has 1 fully saturated rings. The number of nitrogens with zero attached hydrogens (tertiary/aromatic N) is 3. The van der Waals surface area contributed by atoms with Crippen LogP contribution in [0.3, 0.4) is 0 Å². The monoisotopic (exact) mass is 617 g/mol. The SMILES string of the molecule is CCCc1cccc2c1OC[C@@H]1Cn3c-2c(C2CCCCC2)c2ccc(cc23)N(C)C(=O)N(SC(C)C)NC(C)(C)NC1C. The molecule has 2 aromatic carbocycles. The maximum atomic E-state index is 14.1. The van der Waals surface area contributed by atoms with Crippen molar-refractivity contribution >= 4 is 34.6 Å². The van der Waals surface area contributed by atoms with Gasteiger partial charge in [0, 0.05) is 47.4 Å². The lowest BCUT2D eigenvalue weighted by Crippen LogP contribution is -2.63. The van der Waals surface area contributed by atoms with Crippen LogP contribution in [0, 0.1) is 5.92 Å². The van der Waals surface area contributed by atoms with Crippen LogP contribution in [0.15, 0.2) is 36.4 Å². The lowest BCUT2D eigenvalue weighted by Gasteiger charge is -2.40. The lowest BCUT2D eigenvalue weighted by atomic mass is 9.81. The number of anilines is 1. The van der Waals surface area contributed by atoms with Crippen LogP contribution in [0.2, 0.25) is 0 Å². The second-order valence-corrected chi connectivity index (χ2v) is 15.5. The summed E-state index contributed by atoms with van der Waals surface area (Å²) in [5, 5.41) is 5.41. The molecule has 7 nitrogen and oxygen atoms in total. The van der Waals surface area contributed by atoms with Gasteiger partial charge in [-0.1, -0.05) is 64.7 Å². The summed E-state index contributed by atoms with van der Waals surface area (Å²) in [4.78, 5) is 15.8. The summed E-state index contributed by atoms with van der Waals surface area (Å²) < 4.78 is 11.2. The maximum Gasteiger partial charge on any atom is 0.349 e. The number of ether oxygens (including phenoxy) is 1. The number of rotatable bonds is 5. The van der Waals surface area contributed by atoms with Gasteiger partial charge < -0.3 is 9.30 Å². The molecule has 2 N–H and O–H groups in total. The van der Waals surface area contributed by atoms with E-state index in [1.54, 1.807) is 9.31 Å². The van der Waals surface area contributed by atoms with Crippen LogP contribution in [0.25, 0.3) is 22.2 Å². The molecule has 2 aliphatic heterocycles. The van der Waals surface area contributed by atoms with Gasteiger partial charge in [-0.05, 0) is 87.2 Å². The number of fused-ring (bicyclic) bond motifs is 4. The van der Waals surface area contributed by atoms with E-state index in [1.165, 1.54) is 77.3 Å². The fourth-order valence-corrected chi connectivity index (χ4v) is 8.51. The maximum absolute atomic E-state index is 14.1. The molecule has 3 heterocycles. The van der Waals surface area contributed by atoms with Gasteiger partial charge in [0.05, 0.1) is 23.5 Å². The van der Waals surface area contributed by atoms with Crippen LogP contribution in [0.4, 0.5) is 10.5 Å². The number of carbonyl (C=O) groups is 1. The Hall–Kier alpha value is -2.68. The second-order valence-electron chi connectivity index (χ2n) is 14.0. The van der Waals surface area contributed by atoms with E-state index < -0.39 is 5.66 Å². The zero-order valence-corrected chi connectivity index (χ0v) is 28.5. The van der Waals surface area contributed by atoms with Crippen LogP contribution >= 0.6 is 11.9 Å². The van der Waals surface area contributed by atoms with E-state index in [0.29, 0.717) is 12.5 Å². The molecule has 8 heteroatoms. The van der Waals surface area contributed by atoms with Crippen molar-refractivity contribution in [2.24, 2.45) is 5.92 Å². The third-order valence-corrected chi connectivity index (χ3v) is 10.6. The molecule has 44 heavy (non-hydrogen) atoms. The van der Waals surface area contributed by atoms with Gasteiger partial charge in [-0.2, -0.15) is 4.41 Å². The van der Waals surface area contributed by atoms with Crippen LogP contribution in [-0.2, 0) is 13.0 Å². The Labute approximate surface area is 268 Å². The average Bonchev–Trinajstić information content (AvgIpc) is 3.29. The molecule has 3 aliphatic rings. The van der Waals surface area contributed by atoms with Gasteiger partial charge >= 0.3 is 6.03 Å². The van der Waals surface area contributed by atoms with Gasteiger partial charge in [-0.3, -0.25) is 10.2 Å². The molecule has 2 atom stereocenters. The van der Waals surface area contributed by atoms with Crippen molar-refractivity contribution in [3.8, 4) is 17.0 Å². The third kappa shape index (κ3) is 5.97. The molecule has 3 aromatic rings. The molecule has 2 amide bonds. The summed E-state index contributed by atoms with van der Waals surface area (Å²) in [7, 11) is 1.89. The summed E-state index contributed by atoms with van der Waals surface area (Å²) in [5.74, 6) is 1.78. The van der Waals surface area contributed by atoms with Crippen molar-refractivity contribution in [3.63, 3.8) is 0 Å². The van der Waals surface area contributed by atoms with E-state index in [-0.39, 0.29) is 23.2 Å². The number of hydrogen-bond donors (Lipinski definition) is 2. The standard InChI is InChI=1S/C36H51N5O2S/c1-8-13-26-16-12-17-30-33-32(25-14-10-9-11-15-25)29-19-18-28-20-31(29)40(33)21-27(22-43-34(26)30)24(4)37-36(5,6)38-41(44-23(2)3)35(42)39(28)7/h12,16-20,23-25,27,37-38H,8-11,13-15,21-22H2,1-7H3/t24?,27-/m0/s1. The molecule has 0 saturated heterocycles. The van der Waals surface area contributed by atoms with E-state index in [0.717, 1.165) is 30.8 Å². The molecule has 1 unspecified atom stereocenters. The number of benzene rings is 2. The van der Waals surface area contributed by atoms with Gasteiger partial charge in [0.15, 0.2) is 0 Å². The molecular weight excluding hydrogens is 566 g/mol. The molecule has 0 radical (unpaired) electrons. The number of carbonyl (C=O) groups excluding carboxylic acids is 1. The van der Waals surface area contributed by atoms with Gasteiger partial charge in [-0.25, -0.2) is 10.2 Å². The Morgan fingerprint density at radius 2 is 1.89 bits per heavy atom. The largest absolute Gasteiger partial charge is 0.492 e. The molecule has 1 aromatic heterocycles. The number of hydrazine groups is 1. The summed E-state index contributed by atoms with van der Waals surface area (Å²) in [5.41, 5.74) is 10.4. The topological polar surface area (TPSA) is 61.8 Å². The molecule has 4 bridgehead atoms. The number of aryl methyl sites for hydroxylation is 1. The smallest absolute Gasteiger partial charge is 0.349 e. The van der Waals surface area contributed by atoms with Gasteiger partial charge in [0.25, 0.3) is 0 Å². The Morgan fingerprint density at radius 1 is 1.11 bits per heavy atom. The minimum Gasteiger partial charge on any atom is -0.492 e. The Balaban J connectivity index is 1.63. The summed E-state index contributed by atoms with van der Waals surface area (Å²) in [6.45, 7) is 14.4. The highest BCUT2D eigenvalue weighted by Crippen LogP contribution is 2.48. The number of para-hydroxylation sites is 1. The van der Waals surface area contributed by atoms with Crippen LogP contribution in [-0.4, -0.2) is 45.6 Å².